The van der Waals surface area contributed by atoms with Gasteiger partial charge in [0.25, 0.3) is 0 Å². The van der Waals surface area contributed by atoms with Crippen LogP contribution in [0, 0.1) is 0 Å². The summed E-state index contributed by atoms with van der Waals surface area (Å²) >= 11 is 5.51. The van der Waals surface area contributed by atoms with Gasteiger partial charge in [0.2, 0.25) is 0 Å². The minimum absolute atomic E-state index is 0.137. The van der Waals surface area contributed by atoms with Crippen molar-refractivity contribution in [2.24, 2.45) is 5.73 Å². The summed E-state index contributed by atoms with van der Waals surface area (Å²) in [4.78, 5) is 7.37. The Morgan fingerprint density at radius 1 is 1.42 bits per heavy atom. The molecule has 4 nitrogen and oxygen atoms in total. The van der Waals surface area contributed by atoms with E-state index in [1.807, 2.05) is 13.8 Å². The molecule has 0 spiro atoms. The lowest BCUT2D eigenvalue weighted by Gasteiger charge is -2.02. The Labute approximate surface area is 76.4 Å². The van der Waals surface area contributed by atoms with Crippen molar-refractivity contribution in [2.45, 2.75) is 20.1 Å². The number of aromatic nitrogens is 2. The van der Waals surface area contributed by atoms with Gasteiger partial charge in [-0.15, -0.1) is 0 Å². The second-order valence-electron chi connectivity index (χ2n) is 1.68. The summed E-state index contributed by atoms with van der Waals surface area (Å²) in [5.74, 6) is 0. The number of aliphatic hydroxyl groups excluding tert-OH is 1. The quantitative estimate of drug-likeness (QED) is 0.650. The minimum Gasteiger partial charge on any atom is -0.373 e. The van der Waals surface area contributed by atoms with Crippen LogP contribution in [0.2, 0.25) is 5.15 Å². The van der Waals surface area contributed by atoms with E-state index < -0.39 is 6.23 Å². The molecule has 0 aromatic carbocycles. The van der Waals surface area contributed by atoms with Crippen molar-refractivity contribution >= 4 is 11.6 Å². The van der Waals surface area contributed by atoms with E-state index in [9.17, 15) is 0 Å². The number of aliphatic hydroxyl groups is 1. The second-order valence-corrected chi connectivity index (χ2v) is 2.04. The normalized spacial score (nSPS) is 11.4. The van der Waals surface area contributed by atoms with Crippen LogP contribution in [0.25, 0.3) is 0 Å². The lowest BCUT2D eigenvalue weighted by Crippen LogP contribution is -2.11. The highest BCUT2D eigenvalue weighted by Crippen LogP contribution is 2.12. The van der Waals surface area contributed by atoms with E-state index in [-0.39, 0.29) is 10.8 Å². The van der Waals surface area contributed by atoms with E-state index in [1.54, 1.807) is 0 Å². The maximum atomic E-state index is 8.80. The molecule has 1 unspecified atom stereocenters. The van der Waals surface area contributed by atoms with Gasteiger partial charge in [-0.2, -0.15) is 0 Å². The van der Waals surface area contributed by atoms with Crippen molar-refractivity contribution < 1.29 is 5.11 Å². The van der Waals surface area contributed by atoms with Crippen molar-refractivity contribution in [1.82, 2.24) is 9.97 Å². The molecule has 1 atom stereocenters. The Kier molecular flexibility index (Phi) is 5.53. The van der Waals surface area contributed by atoms with Gasteiger partial charge in [-0.1, -0.05) is 25.4 Å². The Balaban J connectivity index is 0.000000561. The summed E-state index contributed by atoms with van der Waals surface area (Å²) in [6.07, 6.45) is 1.69. The summed E-state index contributed by atoms with van der Waals surface area (Å²) in [5.41, 5.74) is 5.28. The molecule has 0 radical (unpaired) electrons. The van der Waals surface area contributed by atoms with Crippen LogP contribution in [0.5, 0.6) is 0 Å². The third-order valence-corrected chi connectivity index (χ3v) is 1.25. The monoisotopic (exact) mass is 189 g/mol. The minimum atomic E-state index is -1.15. The zero-order valence-corrected chi connectivity index (χ0v) is 7.78. The standard InChI is InChI=1S/C5H6ClN3O.C2H6/c6-4-3(5(7)10)8-1-2-9-4;1-2/h1-2,5,10H,7H2;1-2H3. The van der Waals surface area contributed by atoms with Crippen LogP contribution in [-0.4, -0.2) is 15.1 Å². The molecule has 0 saturated heterocycles. The fourth-order valence-electron chi connectivity index (χ4n) is 0.530. The number of hydrogen-bond donors (Lipinski definition) is 2. The van der Waals surface area contributed by atoms with Crippen LogP contribution in [0.15, 0.2) is 12.4 Å². The molecular weight excluding hydrogens is 178 g/mol. The highest BCUT2D eigenvalue weighted by molar-refractivity contribution is 6.30. The van der Waals surface area contributed by atoms with Crippen LogP contribution in [0.1, 0.15) is 25.8 Å². The van der Waals surface area contributed by atoms with Crippen LogP contribution in [0.3, 0.4) is 0 Å². The fourth-order valence-corrected chi connectivity index (χ4v) is 0.747. The molecule has 1 heterocycles. The van der Waals surface area contributed by atoms with Crippen LogP contribution in [0.4, 0.5) is 0 Å². The van der Waals surface area contributed by atoms with Crippen molar-refractivity contribution in [3.63, 3.8) is 0 Å². The van der Waals surface area contributed by atoms with Crippen molar-refractivity contribution in [3.8, 4) is 0 Å². The highest BCUT2D eigenvalue weighted by atomic mass is 35.5. The molecule has 0 fully saturated rings. The summed E-state index contributed by atoms with van der Waals surface area (Å²) in [6.45, 7) is 4.00. The first-order valence-corrected chi connectivity index (χ1v) is 3.99. The molecule has 1 rings (SSSR count). The van der Waals surface area contributed by atoms with E-state index in [1.165, 1.54) is 12.4 Å². The van der Waals surface area contributed by atoms with Gasteiger partial charge in [-0.25, -0.2) is 4.98 Å². The average Bonchev–Trinajstić information content (AvgIpc) is 2.08. The summed E-state index contributed by atoms with van der Waals surface area (Å²) in [6, 6.07) is 0. The van der Waals surface area contributed by atoms with Crippen LogP contribution in [-0.2, 0) is 0 Å². The van der Waals surface area contributed by atoms with E-state index in [0.29, 0.717) is 0 Å². The number of nitrogens with zero attached hydrogens (tertiary/aromatic N) is 2. The molecule has 0 aliphatic carbocycles. The second kappa shape index (κ2) is 5.88. The van der Waals surface area contributed by atoms with E-state index in [4.69, 9.17) is 22.4 Å². The van der Waals surface area contributed by atoms with Crippen LogP contribution < -0.4 is 5.73 Å². The first kappa shape index (κ1) is 11.3. The maximum absolute atomic E-state index is 8.80. The van der Waals surface area contributed by atoms with Gasteiger partial charge in [0.15, 0.2) is 5.15 Å². The average molecular weight is 190 g/mol. The predicted molar refractivity (Wildman–Crippen MR) is 47.5 cm³/mol. The van der Waals surface area contributed by atoms with Gasteiger partial charge in [-0.3, -0.25) is 4.98 Å². The summed E-state index contributed by atoms with van der Waals surface area (Å²) in [7, 11) is 0. The van der Waals surface area contributed by atoms with Gasteiger partial charge in [-0.05, 0) is 0 Å². The third kappa shape index (κ3) is 3.13. The number of hydrogen-bond acceptors (Lipinski definition) is 4. The van der Waals surface area contributed by atoms with Crippen LogP contribution >= 0.6 is 11.6 Å². The first-order valence-electron chi connectivity index (χ1n) is 3.62. The van der Waals surface area contributed by atoms with Gasteiger partial charge in [0.1, 0.15) is 11.9 Å². The van der Waals surface area contributed by atoms with Gasteiger partial charge < -0.3 is 10.8 Å². The topological polar surface area (TPSA) is 72.0 Å². The zero-order valence-electron chi connectivity index (χ0n) is 7.03. The largest absolute Gasteiger partial charge is 0.373 e. The van der Waals surface area contributed by atoms with Gasteiger partial charge in [0.05, 0.1) is 0 Å². The third-order valence-electron chi connectivity index (χ3n) is 0.960. The molecule has 12 heavy (non-hydrogen) atoms. The lowest BCUT2D eigenvalue weighted by atomic mass is 10.4. The molecule has 0 bridgehead atoms. The fraction of sp³-hybridized carbons (Fsp3) is 0.429. The number of halogens is 1. The number of rotatable bonds is 1. The molecule has 5 heteroatoms. The van der Waals surface area contributed by atoms with E-state index in [0.717, 1.165) is 0 Å². The molecular formula is C7H12ClN3O. The predicted octanol–water partition coefficient (Wildman–Crippen LogP) is 1.11. The molecule has 3 N–H and O–H groups in total. The highest BCUT2D eigenvalue weighted by Gasteiger charge is 2.07. The molecule has 1 aromatic heterocycles. The van der Waals surface area contributed by atoms with Crippen molar-refractivity contribution in [3.05, 3.63) is 23.2 Å². The molecule has 0 aliphatic heterocycles. The molecule has 0 aliphatic rings. The summed E-state index contributed by atoms with van der Waals surface area (Å²) in [5, 5.41) is 8.93. The van der Waals surface area contributed by atoms with Crippen molar-refractivity contribution in [2.75, 3.05) is 0 Å². The Morgan fingerprint density at radius 2 is 1.92 bits per heavy atom. The smallest absolute Gasteiger partial charge is 0.154 e. The first-order chi connectivity index (χ1) is 5.72. The van der Waals surface area contributed by atoms with E-state index in [2.05, 4.69) is 9.97 Å². The Bertz CT molecular complexity index is 230. The maximum Gasteiger partial charge on any atom is 0.154 e. The number of nitrogens with two attached hydrogens (primary N) is 1. The Morgan fingerprint density at radius 3 is 2.25 bits per heavy atom. The molecule has 0 amide bonds. The molecule has 0 saturated carbocycles. The zero-order chi connectivity index (χ0) is 9.56. The van der Waals surface area contributed by atoms with E-state index >= 15 is 0 Å². The van der Waals surface area contributed by atoms with Gasteiger partial charge in [0, 0.05) is 12.4 Å². The van der Waals surface area contributed by atoms with Gasteiger partial charge >= 0.3 is 0 Å². The Hall–Kier alpha value is -0.710. The summed E-state index contributed by atoms with van der Waals surface area (Å²) < 4.78 is 0. The molecule has 1 aromatic rings. The molecule has 68 valence electrons. The lowest BCUT2D eigenvalue weighted by molar-refractivity contribution is 0.181. The van der Waals surface area contributed by atoms with Crippen molar-refractivity contribution in [1.29, 1.82) is 0 Å². The SMILES string of the molecule is CC.NC(O)c1nccnc1Cl.